The van der Waals surface area contributed by atoms with Crippen LogP contribution in [-0.2, 0) is 13.1 Å². The topological polar surface area (TPSA) is 60.6 Å². The minimum absolute atomic E-state index is 0.338. The number of fused-ring (bicyclic) bond motifs is 1. The summed E-state index contributed by atoms with van der Waals surface area (Å²) in [6.07, 6.45) is 0. The van der Waals surface area contributed by atoms with E-state index in [0.29, 0.717) is 35.3 Å². The molecule has 0 unspecified atom stereocenters. The highest BCUT2D eigenvalue weighted by atomic mass is 35.5. The number of benzene rings is 2. The fraction of sp³-hybridized carbons (Fsp3) is 0.217. The number of rotatable bonds is 7. The third-order valence-corrected chi connectivity index (χ3v) is 5.05. The van der Waals surface area contributed by atoms with Crippen molar-refractivity contribution >= 4 is 28.6 Å². The van der Waals surface area contributed by atoms with E-state index in [0.717, 1.165) is 28.4 Å². The first-order valence-electron chi connectivity index (χ1n) is 9.50. The lowest BCUT2D eigenvalue weighted by Gasteiger charge is -2.24. The van der Waals surface area contributed by atoms with Crippen LogP contribution in [0.5, 0.6) is 11.5 Å². The van der Waals surface area contributed by atoms with Crippen LogP contribution in [0, 0.1) is 6.92 Å². The molecule has 0 saturated carbocycles. The summed E-state index contributed by atoms with van der Waals surface area (Å²) in [6.45, 7) is 3.05. The van der Waals surface area contributed by atoms with Crippen LogP contribution >= 0.6 is 11.6 Å². The van der Waals surface area contributed by atoms with Gasteiger partial charge in [0.15, 0.2) is 11.0 Å². The number of ether oxygens (including phenoxy) is 2. The Morgan fingerprint density at radius 3 is 1.90 bits per heavy atom. The van der Waals surface area contributed by atoms with E-state index in [4.69, 9.17) is 25.5 Å². The fourth-order valence-electron chi connectivity index (χ4n) is 3.26. The summed E-state index contributed by atoms with van der Waals surface area (Å²) in [6, 6.07) is 17.7. The number of aromatic nitrogens is 2. The molecule has 0 saturated heterocycles. The Labute approximate surface area is 180 Å². The molecule has 0 fully saturated rings. The van der Waals surface area contributed by atoms with Gasteiger partial charge in [0, 0.05) is 19.2 Å². The first kappa shape index (κ1) is 20.0. The molecule has 2 aromatic carbocycles. The molecule has 0 radical (unpaired) electrons. The van der Waals surface area contributed by atoms with Gasteiger partial charge in [-0.25, -0.2) is 4.98 Å². The van der Waals surface area contributed by atoms with Crippen LogP contribution in [-0.4, -0.2) is 24.2 Å². The van der Waals surface area contributed by atoms with Crippen LogP contribution in [0.4, 0.5) is 5.82 Å². The summed E-state index contributed by atoms with van der Waals surface area (Å²) in [7, 11) is 3.31. The highest BCUT2D eigenvalue weighted by molar-refractivity contribution is 6.32. The molecule has 0 N–H and O–H groups in total. The monoisotopic (exact) mass is 423 g/mol. The number of halogens is 1. The Balaban J connectivity index is 1.70. The minimum Gasteiger partial charge on any atom is -0.497 e. The Hall–Kier alpha value is -3.25. The maximum absolute atomic E-state index is 6.54. The van der Waals surface area contributed by atoms with Gasteiger partial charge in [0.1, 0.15) is 22.8 Å². The number of furan rings is 1. The van der Waals surface area contributed by atoms with E-state index in [1.165, 1.54) is 0 Å². The van der Waals surface area contributed by atoms with Crippen LogP contribution in [0.25, 0.3) is 11.2 Å². The number of methoxy groups -OCH3 is 2. The largest absolute Gasteiger partial charge is 0.497 e. The zero-order valence-corrected chi connectivity index (χ0v) is 17.8. The lowest BCUT2D eigenvalue weighted by molar-refractivity contribution is 0.414. The Kier molecular flexibility index (Phi) is 5.77. The van der Waals surface area contributed by atoms with Crippen molar-refractivity contribution in [3.63, 3.8) is 0 Å². The standard InChI is InChI=1S/C23H22ClN3O3/c1-15-12-20-23(30-15)26-22(21(24)25-20)27(13-16-4-8-18(28-2)9-5-16)14-17-6-10-19(29-3)11-7-17/h4-12H,13-14H2,1-3H3. The third kappa shape index (κ3) is 4.33. The van der Waals surface area contributed by atoms with Gasteiger partial charge in [0.2, 0.25) is 5.71 Å². The van der Waals surface area contributed by atoms with Crippen molar-refractivity contribution < 1.29 is 13.9 Å². The van der Waals surface area contributed by atoms with Crippen molar-refractivity contribution in [2.24, 2.45) is 0 Å². The molecular formula is C23H22ClN3O3. The maximum atomic E-state index is 6.54. The highest BCUT2D eigenvalue weighted by Crippen LogP contribution is 2.29. The van der Waals surface area contributed by atoms with Crippen molar-refractivity contribution in [3.05, 3.63) is 76.6 Å². The smallest absolute Gasteiger partial charge is 0.247 e. The van der Waals surface area contributed by atoms with Crippen LogP contribution < -0.4 is 14.4 Å². The van der Waals surface area contributed by atoms with Crippen LogP contribution in [0.1, 0.15) is 16.9 Å². The van der Waals surface area contributed by atoms with Gasteiger partial charge in [-0.2, -0.15) is 4.98 Å². The Morgan fingerprint density at radius 2 is 1.40 bits per heavy atom. The molecule has 7 heteroatoms. The van der Waals surface area contributed by atoms with Gasteiger partial charge in [-0.1, -0.05) is 35.9 Å². The van der Waals surface area contributed by atoms with E-state index in [2.05, 4.69) is 14.9 Å². The molecule has 0 aliphatic heterocycles. The van der Waals surface area contributed by atoms with Crippen molar-refractivity contribution in [2.45, 2.75) is 20.0 Å². The van der Waals surface area contributed by atoms with E-state index < -0.39 is 0 Å². The summed E-state index contributed by atoms with van der Waals surface area (Å²) < 4.78 is 16.2. The van der Waals surface area contributed by atoms with E-state index >= 15 is 0 Å². The summed E-state index contributed by atoms with van der Waals surface area (Å²) in [5.41, 5.74) is 3.31. The summed E-state index contributed by atoms with van der Waals surface area (Å²) in [5, 5.41) is 0.338. The fourth-order valence-corrected chi connectivity index (χ4v) is 3.51. The molecule has 0 aliphatic carbocycles. The van der Waals surface area contributed by atoms with E-state index in [1.807, 2.05) is 61.5 Å². The normalized spacial score (nSPS) is 10.9. The zero-order chi connectivity index (χ0) is 21.1. The van der Waals surface area contributed by atoms with Gasteiger partial charge in [0.25, 0.3) is 0 Å². The highest BCUT2D eigenvalue weighted by Gasteiger charge is 2.18. The average molecular weight is 424 g/mol. The van der Waals surface area contributed by atoms with Crippen molar-refractivity contribution in [1.29, 1.82) is 0 Å². The van der Waals surface area contributed by atoms with E-state index in [1.54, 1.807) is 14.2 Å². The maximum Gasteiger partial charge on any atom is 0.247 e. The number of hydrogen-bond donors (Lipinski definition) is 0. The molecular weight excluding hydrogens is 402 g/mol. The molecule has 0 amide bonds. The molecule has 0 atom stereocenters. The molecule has 2 heterocycles. The van der Waals surface area contributed by atoms with Crippen molar-refractivity contribution in [2.75, 3.05) is 19.1 Å². The first-order chi connectivity index (χ1) is 14.6. The van der Waals surface area contributed by atoms with Gasteiger partial charge in [-0.15, -0.1) is 0 Å². The number of anilines is 1. The van der Waals surface area contributed by atoms with Gasteiger partial charge in [0.05, 0.1) is 14.2 Å². The number of aryl methyl sites for hydroxylation is 1. The summed E-state index contributed by atoms with van der Waals surface area (Å²) >= 11 is 6.54. The number of hydrogen-bond acceptors (Lipinski definition) is 6. The van der Waals surface area contributed by atoms with E-state index in [9.17, 15) is 0 Å². The van der Waals surface area contributed by atoms with Crippen molar-refractivity contribution in [1.82, 2.24) is 9.97 Å². The molecule has 0 spiro atoms. The zero-order valence-electron chi connectivity index (χ0n) is 17.1. The van der Waals surface area contributed by atoms with Crippen LogP contribution in [0.15, 0.2) is 59.0 Å². The van der Waals surface area contributed by atoms with Gasteiger partial charge in [-0.3, -0.25) is 0 Å². The predicted octanol–water partition coefficient (Wildman–Crippen LogP) is 5.41. The molecule has 0 aliphatic rings. The van der Waals surface area contributed by atoms with Gasteiger partial charge >= 0.3 is 0 Å². The third-order valence-electron chi connectivity index (χ3n) is 4.79. The second kappa shape index (κ2) is 8.63. The summed E-state index contributed by atoms with van der Waals surface area (Å²) in [5.74, 6) is 2.94. The Morgan fingerprint density at radius 1 is 0.867 bits per heavy atom. The van der Waals surface area contributed by atoms with Crippen molar-refractivity contribution in [3.8, 4) is 11.5 Å². The predicted molar refractivity (Wildman–Crippen MR) is 117 cm³/mol. The average Bonchev–Trinajstić information content (AvgIpc) is 3.12. The quantitative estimate of drug-likeness (QED) is 0.396. The van der Waals surface area contributed by atoms with Crippen LogP contribution in [0.3, 0.4) is 0 Å². The first-order valence-corrected chi connectivity index (χ1v) is 9.88. The van der Waals surface area contributed by atoms with Gasteiger partial charge in [-0.05, 0) is 42.3 Å². The summed E-state index contributed by atoms with van der Waals surface area (Å²) in [4.78, 5) is 11.2. The molecule has 2 aromatic heterocycles. The SMILES string of the molecule is COc1ccc(CN(Cc2ccc(OC)cc2)c2nc3oc(C)cc3nc2Cl)cc1. The second-order valence-corrected chi connectivity index (χ2v) is 7.30. The van der Waals surface area contributed by atoms with E-state index in [-0.39, 0.29) is 0 Å². The second-order valence-electron chi connectivity index (χ2n) is 6.94. The number of nitrogens with zero attached hydrogens (tertiary/aromatic N) is 3. The molecule has 4 aromatic rings. The molecule has 0 bridgehead atoms. The molecule has 154 valence electrons. The molecule has 4 rings (SSSR count). The molecule has 6 nitrogen and oxygen atoms in total. The Bertz CT molecular complexity index is 1090. The molecule has 30 heavy (non-hydrogen) atoms. The lowest BCUT2D eigenvalue weighted by Crippen LogP contribution is -2.24. The van der Waals surface area contributed by atoms with Crippen LogP contribution in [0.2, 0.25) is 5.15 Å². The van der Waals surface area contributed by atoms with Gasteiger partial charge < -0.3 is 18.8 Å². The lowest BCUT2D eigenvalue weighted by atomic mass is 10.1. The minimum atomic E-state index is 0.338.